The zero-order valence-corrected chi connectivity index (χ0v) is 30.6. The van der Waals surface area contributed by atoms with Crippen LogP contribution in [-0.4, -0.2) is 24.5 Å². The molecule has 0 radical (unpaired) electrons. The van der Waals surface area contributed by atoms with Gasteiger partial charge in [0.2, 0.25) is 0 Å². The van der Waals surface area contributed by atoms with Crippen LogP contribution in [0, 0.1) is 5.82 Å². The lowest BCUT2D eigenvalue weighted by molar-refractivity contribution is 0.514. The van der Waals surface area contributed by atoms with Crippen molar-refractivity contribution in [3.05, 3.63) is 42.2 Å². The summed E-state index contributed by atoms with van der Waals surface area (Å²) < 4.78 is 22.1. The minimum absolute atomic E-state index is 0.145. The Kier molecular flexibility index (Phi) is 15.2. The van der Waals surface area contributed by atoms with E-state index in [2.05, 4.69) is 67.5 Å². The first-order valence-corrected chi connectivity index (χ1v) is 25.1. The molecule has 0 aliphatic rings. The SMILES string of the molecule is CCC[Si](CCC)(CCC)CCCCCC[Si](C[Si](CC)(CC)CC)(Oc1cccc2c(F)cccc12)C(C)C. The van der Waals surface area contributed by atoms with Crippen LogP contribution in [0.3, 0.4) is 0 Å². The Morgan fingerprint density at radius 1 is 0.625 bits per heavy atom. The molecule has 1 unspecified atom stereocenters. The molecule has 2 rings (SSSR count). The molecule has 0 saturated carbocycles. The van der Waals surface area contributed by atoms with Crippen LogP contribution in [-0.2, 0) is 0 Å². The van der Waals surface area contributed by atoms with Crippen molar-refractivity contribution in [2.45, 2.75) is 160 Å². The summed E-state index contributed by atoms with van der Waals surface area (Å²) in [4.78, 5) is 0. The van der Waals surface area contributed by atoms with Crippen LogP contribution >= 0.6 is 0 Å². The summed E-state index contributed by atoms with van der Waals surface area (Å²) in [5.41, 5.74) is 1.89. The van der Waals surface area contributed by atoms with Crippen molar-refractivity contribution in [2.24, 2.45) is 0 Å². The molecule has 1 atom stereocenters. The highest BCUT2D eigenvalue weighted by atomic mass is 28.4. The maximum absolute atomic E-state index is 14.7. The normalized spacial score (nSPS) is 14.2. The van der Waals surface area contributed by atoms with E-state index < -0.39 is 24.5 Å². The summed E-state index contributed by atoms with van der Waals surface area (Å²) in [7, 11) is -4.62. The fourth-order valence-corrected chi connectivity index (χ4v) is 28.0. The van der Waals surface area contributed by atoms with E-state index in [1.165, 1.54) is 92.9 Å². The quantitative estimate of drug-likeness (QED) is 0.102. The van der Waals surface area contributed by atoms with Gasteiger partial charge in [-0.25, -0.2) is 4.39 Å². The molecule has 0 spiro atoms. The van der Waals surface area contributed by atoms with Crippen LogP contribution < -0.4 is 4.43 Å². The summed E-state index contributed by atoms with van der Waals surface area (Å²) in [6.07, 6.45) is 9.57. The third-order valence-corrected chi connectivity index (χ3v) is 30.4. The number of halogens is 1. The number of hydrogen-bond donors (Lipinski definition) is 0. The second kappa shape index (κ2) is 17.3. The van der Waals surface area contributed by atoms with Gasteiger partial charge in [-0.3, -0.25) is 0 Å². The van der Waals surface area contributed by atoms with E-state index in [0.717, 1.165) is 11.1 Å². The lowest BCUT2D eigenvalue weighted by Crippen LogP contribution is -2.53. The Hall–Kier alpha value is -0.919. The number of unbranched alkanes of at least 4 members (excludes halogenated alkanes) is 3. The highest BCUT2D eigenvalue weighted by Crippen LogP contribution is 2.42. The molecule has 2 aromatic carbocycles. The van der Waals surface area contributed by atoms with Crippen molar-refractivity contribution in [3.63, 3.8) is 0 Å². The van der Waals surface area contributed by atoms with Gasteiger partial charge in [-0.15, -0.1) is 0 Å². The van der Waals surface area contributed by atoms with Crippen LogP contribution in [0.2, 0.25) is 59.6 Å². The minimum atomic E-state index is -2.13. The van der Waals surface area contributed by atoms with Crippen molar-refractivity contribution in [1.29, 1.82) is 0 Å². The Labute approximate surface area is 251 Å². The molecule has 0 fully saturated rings. The van der Waals surface area contributed by atoms with E-state index in [1.807, 2.05) is 18.2 Å². The smallest absolute Gasteiger partial charge is 0.251 e. The van der Waals surface area contributed by atoms with Gasteiger partial charge in [-0.05, 0) is 29.4 Å². The van der Waals surface area contributed by atoms with Gasteiger partial charge < -0.3 is 4.43 Å². The third-order valence-electron chi connectivity index (χ3n) is 10.5. The largest absolute Gasteiger partial charge is 0.543 e. The minimum Gasteiger partial charge on any atom is -0.543 e. The maximum Gasteiger partial charge on any atom is 0.251 e. The van der Waals surface area contributed by atoms with Crippen molar-refractivity contribution in [1.82, 2.24) is 0 Å². The first kappa shape index (κ1) is 35.3. The van der Waals surface area contributed by atoms with Gasteiger partial charge in [0.15, 0.2) is 0 Å². The zero-order chi connectivity index (χ0) is 29.7. The fraction of sp³-hybridized carbons (Fsp3) is 0.714. The van der Waals surface area contributed by atoms with E-state index in [4.69, 9.17) is 4.43 Å². The second-order valence-electron chi connectivity index (χ2n) is 13.3. The van der Waals surface area contributed by atoms with Crippen molar-refractivity contribution >= 4 is 35.2 Å². The molecule has 0 bridgehead atoms. The van der Waals surface area contributed by atoms with Crippen LogP contribution in [0.25, 0.3) is 10.8 Å². The van der Waals surface area contributed by atoms with Crippen LogP contribution in [0.15, 0.2) is 36.4 Å². The van der Waals surface area contributed by atoms with Crippen LogP contribution in [0.1, 0.15) is 100 Å². The van der Waals surface area contributed by atoms with Gasteiger partial charge in [0, 0.05) is 10.8 Å². The lowest BCUT2D eigenvalue weighted by atomic mass is 10.1. The molecule has 228 valence electrons. The molecule has 0 aliphatic carbocycles. The third kappa shape index (κ3) is 9.29. The first-order chi connectivity index (χ1) is 19.2. The molecular formula is C35H63FOSi3. The van der Waals surface area contributed by atoms with Crippen molar-refractivity contribution < 1.29 is 8.82 Å². The Morgan fingerprint density at radius 3 is 1.68 bits per heavy atom. The average molecular weight is 603 g/mol. The molecule has 5 heteroatoms. The molecule has 40 heavy (non-hydrogen) atoms. The standard InChI is InChI=1S/C35H63FOSi3/c1-9-25-39(26-10-2,27-11-3)28-17-15-16-18-29-40(31(7)8,30-38(12-4,13-5)14-6)37-35-24-20-21-32-33(35)22-19-23-34(32)36/h19-24,31H,9-18,25-30H2,1-8H3. The monoisotopic (exact) mass is 602 g/mol. The molecule has 0 saturated heterocycles. The number of fused-ring (bicyclic) bond motifs is 1. The van der Waals surface area contributed by atoms with E-state index >= 15 is 0 Å². The maximum atomic E-state index is 14.7. The first-order valence-electron chi connectivity index (χ1n) is 17.1. The topological polar surface area (TPSA) is 9.23 Å². The fourth-order valence-electron chi connectivity index (χ4n) is 7.72. The van der Waals surface area contributed by atoms with Gasteiger partial charge >= 0.3 is 0 Å². The molecule has 0 aliphatic heterocycles. The Bertz CT molecular complexity index is 964. The summed E-state index contributed by atoms with van der Waals surface area (Å²) in [5, 5.41) is 1.64. The highest BCUT2D eigenvalue weighted by Gasteiger charge is 2.47. The molecule has 0 heterocycles. The highest BCUT2D eigenvalue weighted by molar-refractivity contribution is 6.95. The summed E-state index contributed by atoms with van der Waals surface area (Å²) in [5.74, 6) is 0.783. The Morgan fingerprint density at radius 2 is 1.15 bits per heavy atom. The van der Waals surface area contributed by atoms with E-state index in [1.54, 1.807) is 12.1 Å². The second-order valence-corrected chi connectivity index (χ2v) is 28.8. The van der Waals surface area contributed by atoms with E-state index in [9.17, 15) is 4.39 Å². The van der Waals surface area contributed by atoms with Crippen molar-refractivity contribution in [2.75, 3.05) is 0 Å². The molecular weight excluding hydrogens is 540 g/mol. The number of hydrogen-bond acceptors (Lipinski definition) is 1. The van der Waals surface area contributed by atoms with Crippen LogP contribution in [0.5, 0.6) is 5.75 Å². The van der Waals surface area contributed by atoms with Gasteiger partial charge in [-0.2, -0.15) is 0 Å². The average Bonchev–Trinajstić information content (AvgIpc) is 2.94. The number of benzene rings is 2. The molecule has 1 nitrogen and oxygen atoms in total. The summed E-state index contributed by atoms with van der Waals surface area (Å²) in [6.45, 7) is 19.4. The van der Waals surface area contributed by atoms with E-state index in [-0.39, 0.29) is 5.82 Å². The summed E-state index contributed by atoms with van der Waals surface area (Å²) >= 11 is 0. The molecule has 0 aromatic heterocycles. The number of rotatable bonds is 21. The summed E-state index contributed by atoms with van der Waals surface area (Å²) in [6, 6.07) is 22.9. The Balaban J connectivity index is 2.25. The van der Waals surface area contributed by atoms with Gasteiger partial charge in [0.25, 0.3) is 8.32 Å². The zero-order valence-electron chi connectivity index (χ0n) is 27.6. The van der Waals surface area contributed by atoms with Gasteiger partial charge in [0.1, 0.15) is 11.6 Å². The molecule has 0 amide bonds. The van der Waals surface area contributed by atoms with Gasteiger partial charge in [0.05, 0.1) is 16.1 Å². The lowest BCUT2D eigenvalue weighted by Gasteiger charge is -2.43. The predicted molar refractivity (Wildman–Crippen MR) is 187 cm³/mol. The molecule has 2 aromatic rings. The van der Waals surface area contributed by atoms with Crippen molar-refractivity contribution in [3.8, 4) is 5.75 Å². The van der Waals surface area contributed by atoms with Gasteiger partial charge in [-0.1, -0.05) is 167 Å². The van der Waals surface area contributed by atoms with E-state index in [0.29, 0.717) is 10.9 Å². The predicted octanol–water partition coefficient (Wildman–Crippen LogP) is 13.0. The van der Waals surface area contributed by atoms with Crippen LogP contribution in [0.4, 0.5) is 4.39 Å². The molecule has 0 N–H and O–H groups in total.